The third-order valence-corrected chi connectivity index (χ3v) is 10.6. The quantitative estimate of drug-likeness (QED) is 0.171. The van der Waals surface area contributed by atoms with E-state index in [4.69, 9.17) is 4.74 Å². The number of carbonyl (C=O) groups is 1. The molecule has 6 N–H and O–H groups in total. The van der Waals surface area contributed by atoms with E-state index in [1.165, 1.54) is 19.2 Å². The molecule has 0 aromatic heterocycles. The molecule has 1 heterocycles. The summed E-state index contributed by atoms with van der Waals surface area (Å²) in [6, 6.07) is 18.1. The number of phenolic OH excluding ortho intramolecular Hbond substituents is 3. The van der Waals surface area contributed by atoms with E-state index in [2.05, 4.69) is 17.2 Å². The van der Waals surface area contributed by atoms with E-state index in [0.29, 0.717) is 24.1 Å². The molecule has 3 aromatic rings. The highest BCUT2D eigenvalue weighted by molar-refractivity contribution is 5.80. The Morgan fingerprint density at radius 2 is 1.76 bits per heavy atom. The van der Waals surface area contributed by atoms with E-state index in [0.717, 1.165) is 36.8 Å². The van der Waals surface area contributed by atoms with Crippen molar-refractivity contribution in [1.29, 1.82) is 0 Å². The first-order chi connectivity index (χ1) is 22.2. The van der Waals surface area contributed by atoms with E-state index < -0.39 is 17.4 Å². The fourth-order valence-electron chi connectivity index (χ4n) is 8.55. The second-order valence-corrected chi connectivity index (χ2v) is 13.2. The number of fused-ring (bicyclic) bond motifs is 3. The molecule has 2 fully saturated rings. The first-order valence-corrected chi connectivity index (χ1v) is 16.3. The van der Waals surface area contributed by atoms with Gasteiger partial charge in [0, 0.05) is 54.5 Å². The SMILES string of the molecule is COc1cc(C2CC(=O)CC(O)C3C(C#CC2Cc2ccccc2)CNC2CCCCC23c2ccc(O)c(O)c2)c(CO)cc1O. The summed E-state index contributed by atoms with van der Waals surface area (Å²) in [6.45, 7) is 0.223. The van der Waals surface area contributed by atoms with Crippen LogP contribution in [0.4, 0.5) is 0 Å². The molecule has 1 saturated carbocycles. The number of phenols is 3. The largest absolute Gasteiger partial charge is 0.504 e. The molecule has 8 nitrogen and oxygen atoms in total. The molecule has 0 spiro atoms. The number of benzene rings is 3. The smallest absolute Gasteiger partial charge is 0.160 e. The third-order valence-electron chi connectivity index (χ3n) is 10.6. The number of aromatic hydroxyl groups is 3. The Bertz CT molecular complexity index is 1630. The molecule has 6 rings (SSSR count). The molecule has 1 saturated heterocycles. The number of carbonyl (C=O) groups excluding carboxylic acids is 1. The van der Waals surface area contributed by atoms with E-state index in [1.807, 2.05) is 36.4 Å². The Morgan fingerprint density at radius 3 is 2.50 bits per heavy atom. The number of methoxy groups -OCH3 is 1. The molecule has 3 aliphatic rings. The Kier molecular flexibility index (Phi) is 9.28. The summed E-state index contributed by atoms with van der Waals surface area (Å²) in [5.74, 6) is 5.42. The predicted molar refractivity (Wildman–Crippen MR) is 174 cm³/mol. The topological polar surface area (TPSA) is 139 Å². The molecular weight excluding hydrogens is 582 g/mol. The van der Waals surface area contributed by atoms with E-state index in [9.17, 15) is 30.3 Å². The van der Waals surface area contributed by atoms with Crippen LogP contribution in [0.1, 0.15) is 66.7 Å². The summed E-state index contributed by atoms with van der Waals surface area (Å²) in [6.07, 6.45) is 3.23. The van der Waals surface area contributed by atoms with Crippen molar-refractivity contribution in [2.75, 3.05) is 13.7 Å². The summed E-state index contributed by atoms with van der Waals surface area (Å²) >= 11 is 0. The van der Waals surface area contributed by atoms with Crippen molar-refractivity contribution in [1.82, 2.24) is 5.32 Å². The molecule has 3 aromatic carbocycles. The maximum Gasteiger partial charge on any atom is 0.160 e. The van der Waals surface area contributed by atoms with E-state index >= 15 is 0 Å². The van der Waals surface area contributed by atoms with Crippen LogP contribution >= 0.6 is 0 Å². The summed E-state index contributed by atoms with van der Waals surface area (Å²) in [4.78, 5) is 14.0. The molecule has 2 aliphatic carbocycles. The minimum Gasteiger partial charge on any atom is -0.504 e. The maximum atomic E-state index is 14.0. The lowest BCUT2D eigenvalue weighted by molar-refractivity contribution is -0.124. The van der Waals surface area contributed by atoms with Crippen molar-refractivity contribution in [3.8, 4) is 34.8 Å². The Labute approximate surface area is 270 Å². The number of aliphatic hydroxyl groups is 2. The first-order valence-electron chi connectivity index (χ1n) is 16.3. The van der Waals surface area contributed by atoms with Crippen LogP contribution < -0.4 is 10.1 Å². The number of piperidine rings is 1. The molecular formula is C38H43NO7. The van der Waals surface area contributed by atoms with Gasteiger partial charge >= 0.3 is 0 Å². The van der Waals surface area contributed by atoms with Crippen LogP contribution in [-0.4, -0.2) is 57.1 Å². The molecule has 0 amide bonds. The fraction of sp³-hybridized carbons (Fsp3) is 0.447. The zero-order chi connectivity index (χ0) is 32.4. The van der Waals surface area contributed by atoms with Crippen LogP contribution in [0.3, 0.4) is 0 Å². The van der Waals surface area contributed by atoms with Gasteiger partial charge in [-0.05, 0) is 65.8 Å². The molecule has 7 atom stereocenters. The second-order valence-electron chi connectivity index (χ2n) is 13.2. The fourth-order valence-corrected chi connectivity index (χ4v) is 8.55. The van der Waals surface area contributed by atoms with Crippen molar-refractivity contribution in [3.63, 3.8) is 0 Å². The summed E-state index contributed by atoms with van der Waals surface area (Å²) in [5, 5.41) is 57.3. The average Bonchev–Trinajstić information content (AvgIpc) is 3.06. The molecule has 46 heavy (non-hydrogen) atoms. The zero-order valence-corrected chi connectivity index (χ0v) is 26.2. The van der Waals surface area contributed by atoms with Gasteiger partial charge in [-0.25, -0.2) is 0 Å². The molecule has 7 unspecified atom stereocenters. The summed E-state index contributed by atoms with van der Waals surface area (Å²) < 4.78 is 5.43. The zero-order valence-electron chi connectivity index (χ0n) is 26.2. The molecule has 0 bridgehead atoms. The number of hydrogen-bond acceptors (Lipinski definition) is 8. The van der Waals surface area contributed by atoms with Crippen LogP contribution in [0.15, 0.2) is 60.7 Å². The maximum absolute atomic E-state index is 14.0. The van der Waals surface area contributed by atoms with Gasteiger partial charge in [0.05, 0.1) is 19.8 Å². The Morgan fingerprint density at radius 1 is 0.957 bits per heavy atom. The minimum atomic E-state index is -0.983. The monoisotopic (exact) mass is 625 g/mol. The predicted octanol–water partition coefficient (Wildman–Crippen LogP) is 4.69. The van der Waals surface area contributed by atoms with Gasteiger partial charge in [-0.2, -0.15) is 0 Å². The number of hydrogen-bond donors (Lipinski definition) is 6. The van der Waals surface area contributed by atoms with Crippen molar-refractivity contribution >= 4 is 5.78 Å². The Balaban J connectivity index is 1.50. The van der Waals surface area contributed by atoms with Crippen molar-refractivity contribution in [3.05, 3.63) is 82.9 Å². The molecule has 8 heteroatoms. The molecule has 242 valence electrons. The first kappa shape index (κ1) is 31.9. The molecule has 1 aliphatic heterocycles. The normalized spacial score (nSPS) is 29.5. The number of ether oxygens (including phenoxy) is 1. The lowest BCUT2D eigenvalue weighted by atomic mass is 9.52. The standard InChI is InChI=1S/C38H43NO7/c1-46-35-20-30(26(22-40)16-33(35)44)29-18-28(41)19-34(45)37-25(11-10-24(29)15-23-7-3-2-4-8-23)21-39-36-9-5-6-14-38(36,37)27-12-13-31(42)32(43)17-27/h2-4,7-8,12-13,16-17,20,24-25,29,34,36-37,39-40,42-45H,5-6,9,14-15,18-19,21-22H2,1H3. The second kappa shape index (κ2) is 13.4. The van der Waals surface area contributed by atoms with Crippen molar-refractivity contribution < 1.29 is 35.1 Å². The van der Waals surface area contributed by atoms with Gasteiger partial charge < -0.3 is 35.6 Å². The number of ketones is 1. The van der Waals surface area contributed by atoms with E-state index in [1.54, 1.807) is 12.1 Å². The average molecular weight is 626 g/mol. The van der Waals surface area contributed by atoms with Gasteiger partial charge in [0.25, 0.3) is 0 Å². The third kappa shape index (κ3) is 5.95. The lowest BCUT2D eigenvalue weighted by Gasteiger charge is -2.56. The Hall–Kier alpha value is -4.03. The van der Waals surface area contributed by atoms with Crippen LogP contribution in [0.2, 0.25) is 0 Å². The van der Waals surface area contributed by atoms with Gasteiger partial charge in [-0.15, -0.1) is 0 Å². The van der Waals surface area contributed by atoms with Crippen LogP contribution in [-0.2, 0) is 23.2 Å². The van der Waals surface area contributed by atoms with Gasteiger partial charge in [0.15, 0.2) is 23.0 Å². The number of aliphatic hydroxyl groups excluding tert-OH is 2. The van der Waals surface area contributed by atoms with Crippen molar-refractivity contribution in [2.24, 2.45) is 17.8 Å². The van der Waals surface area contributed by atoms with Crippen LogP contribution in [0, 0.1) is 29.6 Å². The van der Waals surface area contributed by atoms with E-state index in [-0.39, 0.29) is 72.0 Å². The van der Waals surface area contributed by atoms with Gasteiger partial charge in [0.2, 0.25) is 0 Å². The van der Waals surface area contributed by atoms with Gasteiger partial charge in [0.1, 0.15) is 5.78 Å². The summed E-state index contributed by atoms with van der Waals surface area (Å²) in [5.41, 5.74) is 2.50. The van der Waals surface area contributed by atoms with Crippen LogP contribution in [0.25, 0.3) is 0 Å². The summed E-state index contributed by atoms with van der Waals surface area (Å²) in [7, 11) is 1.46. The van der Waals surface area contributed by atoms with Crippen molar-refractivity contribution in [2.45, 2.75) is 75.0 Å². The highest BCUT2D eigenvalue weighted by atomic mass is 16.5. The number of nitrogens with one attached hydrogen (secondary N) is 1. The van der Waals surface area contributed by atoms with Gasteiger partial charge in [-0.1, -0.05) is 61.1 Å². The molecule has 0 radical (unpaired) electrons. The minimum absolute atomic E-state index is 0.0189. The highest BCUT2D eigenvalue weighted by Crippen LogP contribution is 2.53. The highest BCUT2D eigenvalue weighted by Gasteiger charge is 2.56. The number of Topliss-reactive ketones (excluding diaryl/α,β-unsaturated/α-hetero) is 1. The van der Waals surface area contributed by atoms with Crippen LogP contribution in [0.5, 0.6) is 23.0 Å². The number of rotatable bonds is 6. The van der Waals surface area contributed by atoms with Gasteiger partial charge in [-0.3, -0.25) is 4.79 Å². The lowest BCUT2D eigenvalue weighted by Crippen LogP contribution is -2.65.